The number of H-pyrrole nitrogens is 1. The molecule has 0 bridgehead atoms. The lowest BCUT2D eigenvalue weighted by molar-refractivity contribution is 0.101. The van der Waals surface area contributed by atoms with Crippen LogP contribution >= 0.6 is 0 Å². The predicted molar refractivity (Wildman–Crippen MR) is 78.4 cm³/mol. The predicted octanol–water partition coefficient (Wildman–Crippen LogP) is 4.05. The monoisotopic (exact) mass is 278 g/mol. The Labute approximate surface area is 120 Å². The number of ketones is 1. The van der Waals surface area contributed by atoms with Gasteiger partial charge in [-0.1, -0.05) is 24.3 Å². The first-order chi connectivity index (χ1) is 10.1. The SMILES string of the molecule is CC(=O)c1ccc(-c2cc3c(C#N)c[nH]c3cc2F)cc1. The number of carbonyl (C=O) groups excluding carboxylic acids is 1. The van der Waals surface area contributed by atoms with Crippen molar-refractivity contribution in [2.45, 2.75) is 6.92 Å². The van der Waals surface area contributed by atoms with Crippen LogP contribution in [0, 0.1) is 17.1 Å². The number of hydrogen-bond acceptors (Lipinski definition) is 2. The van der Waals surface area contributed by atoms with Gasteiger partial charge in [0.15, 0.2) is 5.78 Å². The van der Waals surface area contributed by atoms with Crippen molar-refractivity contribution in [3.8, 4) is 17.2 Å². The molecule has 0 aliphatic heterocycles. The van der Waals surface area contributed by atoms with E-state index < -0.39 is 0 Å². The van der Waals surface area contributed by atoms with Crippen LogP contribution in [0.15, 0.2) is 42.6 Å². The molecule has 3 aromatic rings. The Bertz CT molecular complexity index is 886. The van der Waals surface area contributed by atoms with Gasteiger partial charge in [0.1, 0.15) is 11.9 Å². The van der Waals surface area contributed by atoms with Gasteiger partial charge in [0.2, 0.25) is 0 Å². The molecule has 0 radical (unpaired) electrons. The Morgan fingerprint density at radius 1 is 1.24 bits per heavy atom. The summed E-state index contributed by atoms with van der Waals surface area (Å²) in [6.45, 7) is 1.49. The molecule has 0 spiro atoms. The van der Waals surface area contributed by atoms with Crippen LogP contribution in [0.2, 0.25) is 0 Å². The van der Waals surface area contributed by atoms with Crippen LogP contribution in [-0.4, -0.2) is 10.8 Å². The zero-order valence-electron chi connectivity index (χ0n) is 11.3. The van der Waals surface area contributed by atoms with E-state index in [1.54, 1.807) is 36.5 Å². The normalized spacial score (nSPS) is 10.5. The minimum absolute atomic E-state index is 0.0325. The lowest BCUT2D eigenvalue weighted by Gasteiger charge is -2.05. The number of benzene rings is 2. The van der Waals surface area contributed by atoms with Crippen molar-refractivity contribution in [1.82, 2.24) is 4.98 Å². The highest BCUT2D eigenvalue weighted by atomic mass is 19.1. The van der Waals surface area contributed by atoms with Crippen LogP contribution < -0.4 is 0 Å². The minimum Gasteiger partial charge on any atom is -0.360 e. The van der Waals surface area contributed by atoms with Crippen LogP contribution in [0.1, 0.15) is 22.8 Å². The first kappa shape index (κ1) is 13.1. The molecule has 3 nitrogen and oxygen atoms in total. The van der Waals surface area contributed by atoms with Crippen LogP contribution in [0.5, 0.6) is 0 Å². The molecule has 0 saturated carbocycles. The fraction of sp³-hybridized carbons (Fsp3) is 0.0588. The zero-order chi connectivity index (χ0) is 15.0. The molecule has 1 heterocycles. The second kappa shape index (κ2) is 4.88. The highest BCUT2D eigenvalue weighted by Gasteiger charge is 2.11. The van der Waals surface area contributed by atoms with Gasteiger partial charge in [-0.15, -0.1) is 0 Å². The van der Waals surface area contributed by atoms with Crippen molar-refractivity contribution in [3.63, 3.8) is 0 Å². The molecule has 1 aromatic heterocycles. The summed E-state index contributed by atoms with van der Waals surface area (Å²) < 4.78 is 14.2. The van der Waals surface area contributed by atoms with Crippen molar-refractivity contribution in [3.05, 3.63) is 59.5 Å². The summed E-state index contributed by atoms with van der Waals surface area (Å²) in [5, 5.41) is 9.74. The van der Waals surface area contributed by atoms with E-state index in [4.69, 9.17) is 5.26 Å². The summed E-state index contributed by atoms with van der Waals surface area (Å²) in [4.78, 5) is 14.1. The van der Waals surface area contributed by atoms with Crippen LogP contribution in [0.3, 0.4) is 0 Å². The highest BCUT2D eigenvalue weighted by molar-refractivity contribution is 5.95. The van der Waals surface area contributed by atoms with Crippen LogP contribution in [0.25, 0.3) is 22.0 Å². The molecule has 0 aliphatic rings. The fourth-order valence-electron chi connectivity index (χ4n) is 2.34. The highest BCUT2D eigenvalue weighted by Crippen LogP contribution is 2.29. The number of aromatic amines is 1. The van der Waals surface area contributed by atoms with Gasteiger partial charge in [-0.25, -0.2) is 4.39 Å². The van der Waals surface area contributed by atoms with Gasteiger partial charge in [-0.3, -0.25) is 4.79 Å². The number of hydrogen-bond donors (Lipinski definition) is 1. The Morgan fingerprint density at radius 2 is 1.95 bits per heavy atom. The number of nitriles is 1. The van der Waals surface area contributed by atoms with E-state index >= 15 is 0 Å². The molecule has 4 heteroatoms. The molecular weight excluding hydrogens is 267 g/mol. The average Bonchev–Trinajstić information content (AvgIpc) is 2.88. The fourth-order valence-corrected chi connectivity index (χ4v) is 2.34. The van der Waals surface area contributed by atoms with Crippen molar-refractivity contribution < 1.29 is 9.18 Å². The maximum atomic E-state index is 14.2. The molecule has 0 saturated heterocycles. The first-order valence-electron chi connectivity index (χ1n) is 6.42. The van der Waals surface area contributed by atoms with Crippen molar-refractivity contribution in [1.29, 1.82) is 5.26 Å². The van der Waals surface area contributed by atoms with Gasteiger partial charge >= 0.3 is 0 Å². The molecule has 0 amide bonds. The second-order valence-corrected chi connectivity index (χ2v) is 4.83. The molecule has 0 unspecified atom stereocenters. The van der Waals surface area contributed by atoms with E-state index in [-0.39, 0.29) is 11.6 Å². The minimum atomic E-state index is -0.371. The number of aromatic nitrogens is 1. The van der Waals surface area contributed by atoms with Crippen LogP contribution in [-0.2, 0) is 0 Å². The third-order valence-corrected chi connectivity index (χ3v) is 3.49. The lowest BCUT2D eigenvalue weighted by atomic mass is 10.00. The Hall–Kier alpha value is -2.93. The number of Topliss-reactive ketones (excluding diaryl/α,β-unsaturated/α-hetero) is 1. The molecule has 0 aliphatic carbocycles. The number of fused-ring (bicyclic) bond motifs is 1. The molecule has 2 aromatic carbocycles. The van der Waals surface area contributed by atoms with Gasteiger partial charge in [0.25, 0.3) is 0 Å². The summed E-state index contributed by atoms with van der Waals surface area (Å²) in [5.41, 5.74) is 2.73. The van der Waals surface area contributed by atoms with E-state index in [1.165, 1.54) is 13.0 Å². The van der Waals surface area contributed by atoms with E-state index in [1.807, 2.05) is 0 Å². The molecule has 1 N–H and O–H groups in total. The molecule has 0 fully saturated rings. The number of carbonyl (C=O) groups is 1. The quantitative estimate of drug-likeness (QED) is 0.719. The maximum Gasteiger partial charge on any atom is 0.159 e. The molecule has 102 valence electrons. The standard InChI is InChI=1S/C17H11FN2O/c1-10(21)11-2-4-12(5-3-11)14-6-15-13(8-19)9-20-17(15)7-16(14)18/h2-7,9,20H,1H3. The van der Waals surface area contributed by atoms with Gasteiger partial charge in [0, 0.05) is 28.2 Å². The Morgan fingerprint density at radius 3 is 2.57 bits per heavy atom. The van der Waals surface area contributed by atoms with Crippen molar-refractivity contribution in [2.75, 3.05) is 0 Å². The van der Waals surface area contributed by atoms with E-state index in [0.29, 0.717) is 33.2 Å². The van der Waals surface area contributed by atoms with E-state index in [0.717, 1.165) is 0 Å². The molecular formula is C17H11FN2O. The smallest absolute Gasteiger partial charge is 0.159 e. The first-order valence-corrected chi connectivity index (χ1v) is 6.42. The van der Waals surface area contributed by atoms with Gasteiger partial charge < -0.3 is 4.98 Å². The largest absolute Gasteiger partial charge is 0.360 e. The van der Waals surface area contributed by atoms with Gasteiger partial charge in [-0.05, 0) is 24.6 Å². The van der Waals surface area contributed by atoms with Gasteiger partial charge in [-0.2, -0.15) is 5.26 Å². The van der Waals surface area contributed by atoms with Gasteiger partial charge in [0.05, 0.1) is 5.56 Å². The molecule has 21 heavy (non-hydrogen) atoms. The van der Waals surface area contributed by atoms with E-state index in [9.17, 15) is 9.18 Å². The van der Waals surface area contributed by atoms with Crippen molar-refractivity contribution in [2.24, 2.45) is 0 Å². The molecule has 3 rings (SSSR count). The summed E-state index contributed by atoms with van der Waals surface area (Å²) in [5.74, 6) is -0.403. The average molecular weight is 278 g/mol. The Balaban J connectivity index is 2.17. The van der Waals surface area contributed by atoms with E-state index in [2.05, 4.69) is 11.1 Å². The number of nitrogens with zero attached hydrogens (tertiary/aromatic N) is 1. The lowest BCUT2D eigenvalue weighted by Crippen LogP contribution is -1.92. The maximum absolute atomic E-state index is 14.2. The topological polar surface area (TPSA) is 56.6 Å². The summed E-state index contributed by atoms with van der Waals surface area (Å²) in [6, 6.07) is 11.9. The zero-order valence-corrected chi connectivity index (χ0v) is 11.3. The van der Waals surface area contributed by atoms with Crippen LogP contribution in [0.4, 0.5) is 4.39 Å². The number of rotatable bonds is 2. The second-order valence-electron chi connectivity index (χ2n) is 4.83. The third kappa shape index (κ3) is 2.19. The summed E-state index contributed by atoms with van der Waals surface area (Å²) in [6.07, 6.45) is 1.56. The van der Waals surface area contributed by atoms with Crippen molar-refractivity contribution >= 4 is 16.7 Å². The number of nitrogens with one attached hydrogen (secondary N) is 1. The molecule has 0 atom stereocenters. The summed E-state index contributed by atoms with van der Waals surface area (Å²) >= 11 is 0. The summed E-state index contributed by atoms with van der Waals surface area (Å²) in [7, 11) is 0. The Kier molecular flexibility index (Phi) is 3.03. The number of halogens is 1. The third-order valence-electron chi connectivity index (χ3n) is 3.49.